The number of carbonyl (C=O) groups excluding carboxylic acids is 1. The molecule has 0 saturated heterocycles. The summed E-state index contributed by atoms with van der Waals surface area (Å²) >= 11 is 0. The highest BCUT2D eigenvalue weighted by atomic mass is 16.3. The van der Waals surface area contributed by atoms with Crippen molar-refractivity contribution >= 4 is 22.5 Å². The van der Waals surface area contributed by atoms with Gasteiger partial charge in [0.1, 0.15) is 17.4 Å². The van der Waals surface area contributed by atoms with Crippen LogP contribution >= 0.6 is 0 Å². The summed E-state index contributed by atoms with van der Waals surface area (Å²) in [4.78, 5) is 26.4. The van der Waals surface area contributed by atoms with Crippen molar-refractivity contribution in [3.63, 3.8) is 0 Å². The largest absolute Gasteiger partial charge is 0.463 e. The molecule has 0 saturated carbocycles. The van der Waals surface area contributed by atoms with Crippen molar-refractivity contribution in [2.24, 2.45) is 0 Å². The number of hydrogen-bond donors (Lipinski definition) is 1. The number of aromatic nitrogens is 3. The first-order chi connectivity index (χ1) is 14.6. The Labute approximate surface area is 173 Å². The first kappa shape index (κ1) is 18.7. The predicted octanol–water partition coefficient (Wildman–Crippen LogP) is 3.70. The zero-order chi connectivity index (χ0) is 20.8. The molecule has 0 bridgehead atoms. The van der Waals surface area contributed by atoms with E-state index >= 15 is 0 Å². The monoisotopic (exact) mass is 404 g/mol. The van der Waals surface area contributed by atoms with E-state index in [1.165, 1.54) is 15.8 Å². The minimum absolute atomic E-state index is 0.0346. The van der Waals surface area contributed by atoms with Gasteiger partial charge < -0.3 is 9.73 Å². The zero-order valence-corrected chi connectivity index (χ0v) is 17.1. The van der Waals surface area contributed by atoms with Crippen LogP contribution in [0.3, 0.4) is 0 Å². The minimum Gasteiger partial charge on any atom is -0.463 e. The van der Waals surface area contributed by atoms with Gasteiger partial charge in [-0.25, -0.2) is 4.68 Å². The van der Waals surface area contributed by atoms with Crippen molar-refractivity contribution in [1.82, 2.24) is 19.5 Å². The topological polar surface area (TPSA) is 81.5 Å². The van der Waals surface area contributed by atoms with Crippen LogP contribution in [0.15, 0.2) is 51.9 Å². The normalized spacial score (nSPS) is 17.2. The molecule has 1 aromatic carbocycles. The number of aryl methyl sites for hydroxylation is 2. The number of furan rings is 1. The van der Waals surface area contributed by atoms with Gasteiger partial charge >= 0.3 is 0 Å². The second-order valence-corrected chi connectivity index (χ2v) is 7.91. The van der Waals surface area contributed by atoms with E-state index in [9.17, 15) is 9.59 Å². The lowest BCUT2D eigenvalue weighted by atomic mass is 9.87. The quantitative estimate of drug-likeness (QED) is 0.562. The molecule has 1 aliphatic carbocycles. The highest BCUT2D eigenvalue weighted by Gasteiger charge is 2.28. The highest BCUT2D eigenvalue weighted by molar-refractivity contribution is 5.83. The molecular formula is C23H24N4O3. The van der Waals surface area contributed by atoms with Crippen molar-refractivity contribution in [2.45, 2.75) is 51.6 Å². The van der Waals surface area contributed by atoms with Gasteiger partial charge in [0, 0.05) is 12.1 Å². The summed E-state index contributed by atoms with van der Waals surface area (Å²) in [6.45, 7) is 3.73. The molecule has 1 amide bonds. The summed E-state index contributed by atoms with van der Waals surface area (Å²) in [6.07, 6.45) is 5.03. The molecule has 0 spiro atoms. The molecule has 2 atom stereocenters. The van der Waals surface area contributed by atoms with Crippen molar-refractivity contribution in [1.29, 1.82) is 0 Å². The van der Waals surface area contributed by atoms with E-state index in [0.29, 0.717) is 23.3 Å². The van der Waals surface area contributed by atoms with Gasteiger partial charge in [-0.2, -0.15) is 5.10 Å². The molecule has 5 rings (SSSR count). The van der Waals surface area contributed by atoms with E-state index in [2.05, 4.69) is 22.5 Å². The lowest BCUT2D eigenvalue weighted by Crippen LogP contribution is -2.41. The summed E-state index contributed by atoms with van der Waals surface area (Å²) in [6, 6.07) is 11.1. The van der Waals surface area contributed by atoms with Crippen LogP contribution in [-0.4, -0.2) is 20.1 Å². The van der Waals surface area contributed by atoms with E-state index in [0.717, 1.165) is 24.8 Å². The fraction of sp³-hybridized carbons (Fsp3) is 0.348. The summed E-state index contributed by atoms with van der Waals surface area (Å²) < 4.78 is 8.55. The molecule has 0 aliphatic heterocycles. The summed E-state index contributed by atoms with van der Waals surface area (Å²) in [7, 11) is 0. The van der Waals surface area contributed by atoms with Crippen molar-refractivity contribution in [3.8, 4) is 0 Å². The average molecular weight is 404 g/mol. The van der Waals surface area contributed by atoms with E-state index in [4.69, 9.17) is 4.42 Å². The van der Waals surface area contributed by atoms with Crippen LogP contribution in [0, 0.1) is 6.92 Å². The van der Waals surface area contributed by atoms with Crippen molar-refractivity contribution in [3.05, 3.63) is 70.0 Å². The predicted molar refractivity (Wildman–Crippen MR) is 114 cm³/mol. The Kier molecular flexibility index (Phi) is 4.46. The molecule has 2 unspecified atom stereocenters. The van der Waals surface area contributed by atoms with Gasteiger partial charge in [0.05, 0.1) is 17.8 Å². The van der Waals surface area contributed by atoms with Gasteiger partial charge in [-0.15, -0.1) is 0 Å². The van der Waals surface area contributed by atoms with Crippen molar-refractivity contribution < 1.29 is 9.21 Å². The maximum Gasteiger partial charge on any atom is 0.291 e. The molecular weight excluding hydrogens is 380 g/mol. The molecule has 0 fully saturated rings. The number of fused-ring (bicyclic) bond motifs is 4. The average Bonchev–Trinajstić information content (AvgIpc) is 3.34. The maximum absolute atomic E-state index is 13.2. The van der Waals surface area contributed by atoms with Crippen LogP contribution in [0.5, 0.6) is 0 Å². The molecule has 30 heavy (non-hydrogen) atoms. The highest BCUT2D eigenvalue weighted by Crippen LogP contribution is 2.30. The third-order valence-corrected chi connectivity index (χ3v) is 6.10. The first-order valence-electron chi connectivity index (χ1n) is 10.4. The lowest BCUT2D eigenvalue weighted by molar-refractivity contribution is -0.125. The Morgan fingerprint density at radius 2 is 2.13 bits per heavy atom. The number of hydrogen-bond acceptors (Lipinski definition) is 4. The van der Waals surface area contributed by atoms with Gasteiger partial charge in [0.2, 0.25) is 5.91 Å². The fourth-order valence-corrected chi connectivity index (χ4v) is 4.65. The molecule has 7 nitrogen and oxygen atoms in total. The second kappa shape index (κ2) is 7.16. The fourth-order valence-electron chi connectivity index (χ4n) is 4.65. The van der Waals surface area contributed by atoms with E-state index < -0.39 is 6.04 Å². The minimum atomic E-state index is -0.670. The number of nitrogens with one attached hydrogen (secondary N) is 1. The molecule has 1 N–H and O–H groups in total. The number of benzene rings is 1. The molecule has 4 aromatic rings. The van der Waals surface area contributed by atoms with Crippen LogP contribution in [0.25, 0.3) is 16.6 Å². The number of carbonyl (C=O) groups is 1. The van der Waals surface area contributed by atoms with Crippen molar-refractivity contribution in [2.75, 3.05) is 0 Å². The number of nitrogens with zero attached hydrogens (tertiary/aromatic N) is 3. The number of amides is 1. The van der Waals surface area contributed by atoms with Gasteiger partial charge in [0.15, 0.2) is 5.58 Å². The third-order valence-electron chi connectivity index (χ3n) is 6.10. The first-order valence-corrected chi connectivity index (χ1v) is 10.4. The standard InChI is InChI=1S/C23H24N4O3/c1-3-18(22(28)24-17-10-6-8-15-7-4-5-9-16(15)17)27-23(29)20-13-21-19(11-12-30-21)26(20)14(2)25-27/h4-5,7,9,11-13,17-18H,3,6,8,10H2,1-2H3,(H,24,28). The summed E-state index contributed by atoms with van der Waals surface area (Å²) in [5, 5.41) is 7.67. The van der Waals surface area contributed by atoms with Crippen LogP contribution in [-0.2, 0) is 11.2 Å². The zero-order valence-electron chi connectivity index (χ0n) is 17.1. The Bertz CT molecular complexity index is 1310. The third kappa shape index (κ3) is 2.84. The maximum atomic E-state index is 13.2. The number of rotatable bonds is 4. The van der Waals surface area contributed by atoms with Gasteiger partial charge in [-0.1, -0.05) is 31.2 Å². The van der Waals surface area contributed by atoms with Gasteiger partial charge in [-0.3, -0.25) is 14.0 Å². The van der Waals surface area contributed by atoms with Gasteiger partial charge in [0.25, 0.3) is 5.56 Å². The molecule has 154 valence electrons. The summed E-state index contributed by atoms with van der Waals surface area (Å²) in [5.41, 5.74) is 4.06. The Morgan fingerprint density at radius 3 is 2.97 bits per heavy atom. The molecule has 3 heterocycles. The SMILES string of the molecule is CCC(C(=O)NC1CCCc2ccccc21)n1nc(C)n2c(cc3occc32)c1=O. The van der Waals surface area contributed by atoms with E-state index in [1.54, 1.807) is 16.7 Å². The smallest absolute Gasteiger partial charge is 0.291 e. The molecule has 1 aliphatic rings. The van der Waals surface area contributed by atoms with Crippen LogP contribution in [0.1, 0.15) is 55.2 Å². The Morgan fingerprint density at radius 1 is 1.30 bits per heavy atom. The Hall–Kier alpha value is -3.35. The van der Waals surface area contributed by atoms with E-state index in [1.807, 2.05) is 32.0 Å². The molecule has 3 aromatic heterocycles. The lowest BCUT2D eigenvalue weighted by Gasteiger charge is -2.28. The van der Waals surface area contributed by atoms with Crippen LogP contribution in [0.2, 0.25) is 0 Å². The van der Waals surface area contributed by atoms with Crippen LogP contribution in [0.4, 0.5) is 0 Å². The molecule has 0 radical (unpaired) electrons. The summed E-state index contributed by atoms with van der Waals surface area (Å²) in [5.74, 6) is 0.461. The van der Waals surface area contributed by atoms with Gasteiger partial charge in [-0.05, 0) is 43.7 Å². The molecule has 7 heteroatoms. The van der Waals surface area contributed by atoms with E-state index in [-0.39, 0.29) is 17.5 Å². The Balaban J connectivity index is 1.51. The van der Waals surface area contributed by atoms with Crippen LogP contribution < -0.4 is 10.9 Å². The second-order valence-electron chi connectivity index (χ2n) is 7.91.